The van der Waals surface area contributed by atoms with E-state index in [1.54, 1.807) is 11.1 Å². The number of carbonyl (C=O) groups excluding carboxylic acids is 1. The second kappa shape index (κ2) is 6.46. The maximum atomic E-state index is 13.1. The van der Waals surface area contributed by atoms with Gasteiger partial charge in [0.1, 0.15) is 12.0 Å². The summed E-state index contributed by atoms with van der Waals surface area (Å²) in [6, 6.07) is 17.2. The molecule has 130 valence electrons. The number of pyridine rings is 1. The van der Waals surface area contributed by atoms with Crippen molar-refractivity contribution >= 4 is 29.0 Å². The number of carbonyl (C=O) groups is 1. The zero-order chi connectivity index (χ0) is 18.3. The molecule has 1 atom stereocenters. The monoisotopic (exact) mass is 363 g/mol. The molecule has 4 rings (SSSR count). The lowest BCUT2D eigenvalue weighted by atomic mass is 10.1. The lowest BCUT2D eigenvalue weighted by Crippen LogP contribution is -2.33. The summed E-state index contributed by atoms with van der Waals surface area (Å²) < 4.78 is 0. The number of halogens is 1. The molecule has 5 heteroatoms. The van der Waals surface area contributed by atoms with Gasteiger partial charge in [-0.3, -0.25) is 9.69 Å². The molecule has 0 saturated carbocycles. The van der Waals surface area contributed by atoms with Crippen LogP contribution in [0.25, 0.3) is 0 Å². The van der Waals surface area contributed by atoms with Crippen LogP contribution in [0.1, 0.15) is 33.2 Å². The van der Waals surface area contributed by atoms with Gasteiger partial charge in [0.15, 0.2) is 0 Å². The molecule has 0 radical (unpaired) electrons. The summed E-state index contributed by atoms with van der Waals surface area (Å²) in [7, 11) is 0. The van der Waals surface area contributed by atoms with Gasteiger partial charge in [0.25, 0.3) is 5.91 Å². The molecule has 4 nitrogen and oxygen atoms in total. The van der Waals surface area contributed by atoms with Gasteiger partial charge in [-0.1, -0.05) is 41.9 Å². The first-order chi connectivity index (χ1) is 12.5. The van der Waals surface area contributed by atoms with Crippen molar-refractivity contribution in [2.75, 3.05) is 10.2 Å². The summed E-state index contributed by atoms with van der Waals surface area (Å²) in [5.41, 5.74) is 4.62. The number of aryl methyl sites for hydroxylation is 2. The van der Waals surface area contributed by atoms with E-state index in [9.17, 15) is 4.79 Å². The lowest BCUT2D eigenvalue weighted by molar-refractivity contribution is 0.0992. The van der Waals surface area contributed by atoms with Crippen molar-refractivity contribution in [3.05, 3.63) is 88.1 Å². The predicted molar refractivity (Wildman–Crippen MR) is 105 cm³/mol. The van der Waals surface area contributed by atoms with E-state index in [0.717, 1.165) is 22.4 Å². The van der Waals surface area contributed by atoms with Crippen LogP contribution in [0.3, 0.4) is 0 Å². The number of hydrogen-bond acceptors (Lipinski definition) is 3. The summed E-state index contributed by atoms with van der Waals surface area (Å²) in [5.74, 6) is 0.558. The van der Waals surface area contributed by atoms with Crippen LogP contribution in [0, 0.1) is 13.8 Å². The van der Waals surface area contributed by atoms with E-state index in [0.29, 0.717) is 16.4 Å². The molecule has 0 bridgehead atoms. The van der Waals surface area contributed by atoms with E-state index in [1.165, 1.54) is 0 Å². The van der Waals surface area contributed by atoms with E-state index in [4.69, 9.17) is 11.6 Å². The molecule has 0 unspecified atom stereocenters. The Labute approximate surface area is 157 Å². The van der Waals surface area contributed by atoms with Gasteiger partial charge in [-0.2, -0.15) is 0 Å². The maximum absolute atomic E-state index is 13.1. The van der Waals surface area contributed by atoms with Crippen molar-refractivity contribution in [1.82, 2.24) is 4.98 Å². The number of aromatic nitrogens is 1. The van der Waals surface area contributed by atoms with Crippen molar-refractivity contribution in [2.45, 2.75) is 20.0 Å². The Balaban J connectivity index is 1.80. The number of amides is 1. The Morgan fingerprint density at radius 1 is 1.08 bits per heavy atom. The molecule has 1 aliphatic heterocycles. The highest BCUT2D eigenvalue weighted by atomic mass is 35.5. The van der Waals surface area contributed by atoms with Crippen molar-refractivity contribution < 1.29 is 4.79 Å². The van der Waals surface area contributed by atoms with Gasteiger partial charge in [0.05, 0.1) is 0 Å². The third-order valence-corrected chi connectivity index (χ3v) is 4.83. The smallest absolute Gasteiger partial charge is 0.261 e. The summed E-state index contributed by atoms with van der Waals surface area (Å²) in [5, 5.41) is 4.13. The molecule has 0 aliphatic carbocycles. The first-order valence-corrected chi connectivity index (χ1v) is 8.80. The van der Waals surface area contributed by atoms with Crippen LogP contribution in [-0.4, -0.2) is 10.9 Å². The van der Waals surface area contributed by atoms with Crippen LogP contribution >= 0.6 is 11.6 Å². The molecule has 1 N–H and O–H groups in total. The van der Waals surface area contributed by atoms with Gasteiger partial charge in [-0.05, 0) is 49.2 Å². The first kappa shape index (κ1) is 16.6. The van der Waals surface area contributed by atoms with Crippen LogP contribution in [0.5, 0.6) is 0 Å². The highest BCUT2D eigenvalue weighted by molar-refractivity contribution is 6.30. The van der Waals surface area contributed by atoms with E-state index in [1.807, 2.05) is 68.4 Å². The van der Waals surface area contributed by atoms with Crippen LogP contribution in [0.2, 0.25) is 5.02 Å². The lowest BCUT2D eigenvalue weighted by Gasteiger charge is -2.27. The number of nitrogens with one attached hydrogen (secondary N) is 1. The zero-order valence-corrected chi connectivity index (χ0v) is 15.3. The fourth-order valence-electron chi connectivity index (χ4n) is 3.19. The van der Waals surface area contributed by atoms with Gasteiger partial charge in [-0.15, -0.1) is 0 Å². The third-order valence-electron chi connectivity index (χ3n) is 4.60. The van der Waals surface area contributed by atoms with Gasteiger partial charge >= 0.3 is 0 Å². The summed E-state index contributed by atoms with van der Waals surface area (Å²) in [4.78, 5) is 19.2. The Kier molecular flexibility index (Phi) is 4.13. The fraction of sp³-hybridized carbons (Fsp3) is 0.143. The van der Waals surface area contributed by atoms with E-state index in [2.05, 4.69) is 10.3 Å². The number of rotatable bonds is 3. The average molecular weight is 364 g/mol. The molecule has 1 amide bonds. The normalized spacial score (nSPS) is 15.9. The zero-order valence-electron chi connectivity index (χ0n) is 14.5. The Bertz CT molecular complexity index is 985. The van der Waals surface area contributed by atoms with Gasteiger partial charge in [0.2, 0.25) is 0 Å². The van der Waals surface area contributed by atoms with Gasteiger partial charge < -0.3 is 5.32 Å². The molecule has 0 spiro atoms. The Hall–Kier alpha value is -2.85. The molecule has 1 aliphatic rings. The van der Waals surface area contributed by atoms with Gasteiger partial charge in [-0.25, -0.2) is 4.98 Å². The topological polar surface area (TPSA) is 45.2 Å². The largest absolute Gasteiger partial charge is 0.361 e. The maximum Gasteiger partial charge on any atom is 0.261 e. The molecule has 3 aromatic rings. The van der Waals surface area contributed by atoms with Crippen LogP contribution in [0.15, 0.2) is 60.8 Å². The Morgan fingerprint density at radius 2 is 1.88 bits per heavy atom. The Morgan fingerprint density at radius 3 is 2.65 bits per heavy atom. The van der Waals surface area contributed by atoms with Crippen LogP contribution in [0.4, 0.5) is 11.5 Å². The quantitative estimate of drug-likeness (QED) is 0.702. The highest BCUT2D eigenvalue weighted by Crippen LogP contribution is 2.38. The van der Waals surface area contributed by atoms with E-state index in [-0.39, 0.29) is 12.1 Å². The molecule has 2 heterocycles. The molecule has 2 aromatic carbocycles. The second-order valence-corrected chi connectivity index (χ2v) is 6.90. The molecular weight excluding hydrogens is 346 g/mol. The minimum absolute atomic E-state index is 0.0610. The fourth-order valence-corrected chi connectivity index (χ4v) is 3.37. The average Bonchev–Trinajstić information content (AvgIpc) is 2.92. The molecule has 1 aromatic heterocycles. The van der Waals surface area contributed by atoms with Crippen molar-refractivity contribution in [3.8, 4) is 0 Å². The number of nitrogens with zero attached hydrogens (tertiary/aromatic N) is 2. The number of benzene rings is 2. The van der Waals surface area contributed by atoms with Crippen molar-refractivity contribution in [2.24, 2.45) is 0 Å². The van der Waals surface area contributed by atoms with Crippen molar-refractivity contribution in [1.29, 1.82) is 0 Å². The van der Waals surface area contributed by atoms with Crippen LogP contribution in [-0.2, 0) is 0 Å². The number of fused-ring (bicyclic) bond motifs is 1. The molecule has 0 saturated heterocycles. The molecule has 0 fully saturated rings. The summed E-state index contributed by atoms with van der Waals surface area (Å²) in [6.45, 7) is 3.98. The first-order valence-electron chi connectivity index (χ1n) is 8.42. The number of hydrogen-bond donors (Lipinski definition) is 1. The van der Waals surface area contributed by atoms with Gasteiger partial charge in [0, 0.05) is 28.0 Å². The minimum Gasteiger partial charge on any atom is -0.361 e. The SMILES string of the molecule is Cc1ccc(N2C(=O)c3ccccc3[C@H]2Nc2cc(Cl)ccc2C)nc1. The predicted octanol–water partition coefficient (Wildman–Crippen LogP) is 5.12. The van der Waals surface area contributed by atoms with E-state index >= 15 is 0 Å². The summed E-state index contributed by atoms with van der Waals surface area (Å²) in [6.07, 6.45) is 1.43. The second-order valence-electron chi connectivity index (χ2n) is 6.46. The van der Waals surface area contributed by atoms with E-state index < -0.39 is 0 Å². The van der Waals surface area contributed by atoms with Crippen molar-refractivity contribution in [3.63, 3.8) is 0 Å². The highest BCUT2D eigenvalue weighted by Gasteiger charge is 2.38. The standard InChI is InChI=1S/C21H18ClN3O/c1-13-7-10-19(23-12-13)25-20(16-5-3-4-6-17(16)21(25)26)24-18-11-15(22)9-8-14(18)2/h3-12,20,24H,1-2H3/t20-/m0/s1. The number of anilines is 2. The molecule has 26 heavy (non-hydrogen) atoms. The minimum atomic E-state index is -0.342. The third kappa shape index (κ3) is 2.82. The van der Waals surface area contributed by atoms with Crippen LogP contribution < -0.4 is 10.2 Å². The molecular formula is C21H18ClN3O. The summed E-state index contributed by atoms with van der Waals surface area (Å²) >= 11 is 6.17.